The highest BCUT2D eigenvalue weighted by Crippen LogP contribution is 1.89. The zero-order valence-electron chi connectivity index (χ0n) is 7.77. The van der Waals surface area contributed by atoms with E-state index in [1.165, 1.54) is 0 Å². The van der Waals surface area contributed by atoms with Crippen LogP contribution in [0.25, 0.3) is 0 Å². The van der Waals surface area contributed by atoms with Gasteiger partial charge in [0.1, 0.15) is 0 Å². The van der Waals surface area contributed by atoms with Crippen LogP contribution in [0.4, 0.5) is 0 Å². The lowest BCUT2D eigenvalue weighted by Crippen LogP contribution is -2.20. The number of amides is 1. The summed E-state index contributed by atoms with van der Waals surface area (Å²) in [4.78, 5) is 12.3. The van der Waals surface area contributed by atoms with E-state index in [1.807, 2.05) is 20.8 Å². The van der Waals surface area contributed by atoms with Crippen LogP contribution in [0, 0.1) is 0 Å². The van der Waals surface area contributed by atoms with Crippen LogP contribution in [0.15, 0.2) is 0 Å². The van der Waals surface area contributed by atoms with Crippen LogP contribution in [0.2, 0.25) is 0 Å². The van der Waals surface area contributed by atoms with Crippen molar-refractivity contribution in [1.29, 1.82) is 0 Å². The Kier molecular flexibility index (Phi) is 10.3. The third kappa shape index (κ3) is 7.47. The van der Waals surface area contributed by atoms with Crippen LogP contribution in [-0.2, 0) is 4.79 Å². The van der Waals surface area contributed by atoms with Gasteiger partial charge in [0.05, 0.1) is 0 Å². The fourth-order valence-electron chi connectivity index (χ4n) is 0.437. The smallest absolute Gasteiger partial charge is 0.222 e. The van der Waals surface area contributed by atoms with Gasteiger partial charge < -0.3 is 4.90 Å². The second kappa shape index (κ2) is 8.47. The quantitative estimate of drug-likeness (QED) is 0.581. The molecular formula is C8H19NO. The van der Waals surface area contributed by atoms with Gasteiger partial charge in [-0.2, -0.15) is 0 Å². The highest BCUT2D eigenvalue weighted by atomic mass is 16.2. The summed E-state index contributed by atoms with van der Waals surface area (Å²) in [6.45, 7) is 6.00. The third-order valence-corrected chi connectivity index (χ3v) is 0.963. The first-order valence-corrected chi connectivity index (χ1v) is 3.88. The van der Waals surface area contributed by atoms with Crippen LogP contribution in [0.5, 0.6) is 0 Å². The monoisotopic (exact) mass is 145 g/mol. The number of hydrogen-bond donors (Lipinski definition) is 0. The highest BCUT2D eigenvalue weighted by Gasteiger charge is 1.98. The molecule has 0 bridgehead atoms. The Hall–Kier alpha value is -0.530. The molecule has 62 valence electrons. The summed E-state index contributed by atoms with van der Waals surface area (Å²) in [6, 6.07) is 0. The minimum atomic E-state index is 0.215. The van der Waals surface area contributed by atoms with E-state index in [0.29, 0.717) is 6.42 Å². The largest absolute Gasteiger partial charge is 0.349 e. The second-order valence-corrected chi connectivity index (χ2v) is 2.04. The minimum Gasteiger partial charge on any atom is -0.349 e. The maximum Gasteiger partial charge on any atom is 0.222 e. The fraction of sp³-hybridized carbons (Fsp3) is 0.875. The molecule has 10 heavy (non-hydrogen) atoms. The lowest BCUT2D eigenvalue weighted by Gasteiger charge is -2.07. The maximum atomic E-state index is 10.7. The van der Waals surface area contributed by atoms with Crippen molar-refractivity contribution in [3.05, 3.63) is 0 Å². The lowest BCUT2D eigenvalue weighted by atomic mass is 10.3. The molecule has 0 aliphatic carbocycles. The van der Waals surface area contributed by atoms with Crippen LogP contribution >= 0.6 is 0 Å². The van der Waals surface area contributed by atoms with Gasteiger partial charge in [-0.25, -0.2) is 0 Å². The molecule has 0 aromatic heterocycles. The summed E-state index contributed by atoms with van der Waals surface area (Å²) in [7, 11) is 3.55. The zero-order valence-corrected chi connectivity index (χ0v) is 7.77. The van der Waals surface area contributed by atoms with Crippen LogP contribution in [0.1, 0.15) is 33.6 Å². The SMILES string of the molecule is CC.CCCC(=O)N(C)C. The standard InChI is InChI=1S/C6H13NO.C2H6/c1-4-5-6(8)7(2)3;1-2/h4-5H2,1-3H3;1-2H3. The summed E-state index contributed by atoms with van der Waals surface area (Å²) in [5, 5.41) is 0. The number of hydrogen-bond acceptors (Lipinski definition) is 1. The molecule has 0 saturated carbocycles. The predicted molar refractivity (Wildman–Crippen MR) is 45.0 cm³/mol. The Morgan fingerprint density at radius 3 is 1.80 bits per heavy atom. The highest BCUT2D eigenvalue weighted by molar-refractivity contribution is 5.75. The molecule has 0 aromatic rings. The number of nitrogens with zero attached hydrogens (tertiary/aromatic N) is 1. The number of carbonyl (C=O) groups is 1. The van der Waals surface area contributed by atoms with Crippen LogP contribution in [0.3, 0.4) is 0 Å². The van der Waals surface area contributed by atoms with Gasteiger partial charge in [-0.3, -0.25) is 4.79 Å². The Bertz CT molecular complexity index is 79.3. The van der Waals surface area contributed by atoms with Crippen molar-refractivity contribution in [2.75, 3.05) is 14.1 Å². The Morgan fingerprint density at radius 2 is 1.70 bits per heavy atom. The summed E-state index contributed by atoms with van der Waals surface area (Å²) in [5.74, 6) is 0.215. The molecule has 0 N–H and O–H groups in total. The lowest BCUT2D eigenvalue weighted by molar-refractivity contribution is -0.128. The van der Waals surface area contributed by atoms with Gasteiger partial charge in [-0.05, 0) is 6.42 Å². The second-order valence-electron chi connectivity index (χ2n) is 2.04. The molecule has 0 heterocycles. The molecule has 0 aliphatic heterocycles. The van der Waals surface area contributed by atoms with Crippen molar-refractivity contribution < 1.29 is 4.79 Å². The molecule has 1 amide bonds. The van der Waals surface area contributed by atoms with Crippen molar-refractivity contribution in [2.24, 2.45) is 0 Å². The van der Waals surface area contributed by atoms with Crippen molar-refractivity contribution in [2.45, 2.75) is 33.6 Å². The maximum absolute atomic E-state index is 10.7. The Balaban J connectivity index is 0. The van der Waals surface area contributed by atoms with E-state index in [-0.39, 0.29) is 5.91 Å². The summed E-state index contributed by atoms with van der Waals surface area (Å²) in [6.07, 6.45) is 1.62. The summed E-state index contributed by atoms with van der Waals surface area (Å²) >= 11 is 0. The molecule has 0 fully saturated rings. The summed E-state index contributed by atoms with van der Waals surface area (Å²) in [5.41, 5.74) is 0. The molecule has 2 heteroatoms. The van der Waals surface area contributed by atoms with Gasteiger partial charge in [0.25, 0.3) is 0 Å². The van der Waals surface area contributed by atoms with Crippen molar-refractivity contribution in [3.8, 4) is 0 Å². The van der Waals surface area contributed by atoms with E-state index in [4.69, 9.17) is 0 Å². The molecule has 0 saturated heterocycles. The number of rotatable bonds is 2. The van der Waals surface area contributed by atoms with E-state index in [9.17, 15) is 4.79 Å². The molecule has 0 unspecified atom stereocenters. The molecule has 0 spiro atoms. The first-order valence-electron chi connectivity index (χ1n) is 3.88. The van der Waals surface area contributed by atoms with Crippen molar-refractivity contribution in [3.63, 3.8) is 0 Å². The molecule has 0 atom stereocenters. The molecule has 0 aromatic carbocycles. The average Bonchev–Trinajstić information content (AvgIpc) is 1.93. The Morgan fingerprint density at radius 1 is 1.30 bits per heavy atom. The molecule has 2 nitrogen and oxygen atoms in total. The minimum absolute atomic E-state index is 0.215. The fourth-order valence-corrected chi connectivity index (χ4v) is 0.437. The average molecular weight is 145 g/mol. The van der Waals surface area contributed by atoms with E-state index < -0.39 is 0 Å². The topological polar surface area (TPSA) is 20.3 Å². The first kappa shape index (κ1) is 12.2. The summed E-state index contributed by atoms with van der Waals surface area (Å²) < 4.78 is 0. The van der Waals surface area contributed by atoms with Crippen molar-refractivity contribution >= 4 is 5.91 Å². The normalized spacial score (nSPS) is 7.70. The van der Waals surface area contributed by atoms with E-state index in [2.05, 4.69) is 0 Å². The predicted octanol–water partition coefficient (Wildman–Crippen LogP) is 1.90. The molecular weight excluding hydrogens is 126 g/mol. The zero-order chi connectivity index (χ0) is 8.57. The van der Waals surface area contributed by atoms with Crippen molar-refractivity contribution in [1.82, 2.24) is 4.90 Å². The van der Waals surface area contributed by atoms with Gasteiger partial charge in [-0.1, -0.05) is 20.8 Å². The van der Waals surface area contributed by atoms with E-state index in [0.717, 1.165) is 6.42 Å². The van der Waals surface area contributed by atoms with Gasteiger partial charge in [-0.15, -0.1) is 0 Å². The van der Waals surface area contributed by atoms with E-state index in [1.54, 1.807) is 19.0 Å². The molecule has 0 rings (SSSR count). The van der Waals surface area contributed by atoms with E-state index >= 15 is 0 Å². The van der Waals surface area contributed by atoms with Gasteiger partial charge in [0.2, 0.25) is 5.91 Å². The van der Waals surface area contributed by atoms with Gasteiger partial charge in [0, 0.05) is 20.5 Å². The van der Waals surface area contributed by atoms with Gasteiger partial charge >= 0.3 is 0 Å². The molecule has 0 aliphatic rings. The van der Waals surface area contributed by atoms with Gasteiger partial charge in [0.15, 0.2) is 0 Å². The Labute approximate surface area is 64.2 Å². The van der Waals surface area contributed by atoms with Crippen LogP contribution in [-0.4, -0.2) is 24.9 Å². The molecule has 0 radical (unpaired) electrons. The van der Waals surface area contributed by atoms with Crippen LogP contribution < -0.4 is 0 Å². The third-order valence-electron chi connectivity index (χ3n) is 0.963. The first-order chi connectivity index (χ1) is 4.68. The number of carbonyl (C=O) groups excluding carboxylic acids is 1.